The van der Waals surface area contributed by atoms with Gasteiger partial charge in [0.1, 0.15) is 0 Å². The summed E-state index contributed by atoms with van der Waals surface area (Å²) in [6.45, 7) is 7.67. The summed E-state index contributed by atoms with van der Waals surface area (Å²) in [5, 5.41) is 8.98. The molecule has 0 aromatic carbocycles. The van der Waals surface area contributed by atoms with E-state index in [2.05, 4.69) is 30.6 Å². The van der Waals surface area contributed by atoms with Crippen LogP contribution in [0.15, 0.2) is 0 Å². The smallest absolute Gasteiger partial charge is 0.0601 e. The molecule has 0 unspecified atom stereocenters. The van der Waals surface area contributed by atoms with E-state index in [1.54, 1.807) is 0 Å². The Morgan fingerprint density at radius 2 is 2.00 bits per heavy atom. The number of rotatable bonds is 2. The van der Waals surface area contributed by atoms with E-state index in [1.165, 1.54) is 0 Å². The van der Waals surface area contributed by atoms with Gasteiger partial charge in [0.2, 0.25) is 0 Å². The number of aliphatic hydroxyl groups is 1. The summed E-state index contributed by atoms with van der Waals surface area (Å²) >= 11 is 0. The maximum Gasteiger partial charge on any atom is 0.0601 e. The zero-order valence-electron chi connectivity index (χ0n) is 9.29. The van der Waals surface area contributed by atoms with E-state index in [1.807, 2.05) is 0 Å². The molecule has 0 spiro atoms. The van der Waals surface area contributed by atoms with Crippen molar-refractivity contribution >= 4 is 0 Å². The van der Waals surface area contributed by atoms with Crippen LogP contribution in [0.25, 0.3) is 0 Å². The number of hydrogen-bond acceptors (Lipinski definition) is 2. The van der Waals surface area contributed by atoms with Crippen LogP contribution in [0, 0.1) is 23.7 Å². The third-order valence-electron chi connectivity index (χ3n) is 2.66. The summed E-state index contributed by atoms with van der Waals surface area (Å²) in [4.78, 5) is 2.38. The molecule has 1 fully saturated rings. The normalized spacial score (nSPS) is 19.4. The van der Waals surface area contributed by atoms with E-state index in [-0.39, 0.29) is 0 Å². The van der Waals surface area contributed by atoms with Gasteiger partial charge in [-0.15, -0.1) is 0 Å². The molecule has 0 saturated carbocycles. The molecule has 1 rings (SSSR count). The van der Waals surface area contributed by atoms with Crippen LogP contribution in [0.1, 0.15) is 26.7 Å². The maximum atomic E-state index is 8.98. The molecule has 1 saturated heterocycles. The van der Waals surface area contributed by atoms with Gasteiger partial charge in [-0.05, 0) is 31.8 Å². The second-order valence-corrected chi connectivity index (χ2v) is 4.38. The van der Waals surface area contributed by atoms with E-state index < -0.39 is 0 Å². The van der Waals surface area contributed by atoms with E-state index in [9.17, 15) is 0 Å². The molecule has 0 aromatic rings. The molecular formula is C12H21NO. The standard InChI is InChI=1S/C12H21NO/c1-11(2)4-3-7-13-8-5-12(10-14)6-9-13/h11-12,14H,5-10H2,1-2H3. The van der Waals surface area contributed by atoms with Crippen LogP contribution in [0.3, 0.4) is 0 Å². The second-order valence-electron chi connectivity index (χ2n) is 4.38. The van der Waals surface area contributed by atoms with Gasteiger partial charge in [-0.2, -0.15) is 0 Å². The van der Waals surface area contributed by atoms with Crippen LogP contribution < -0.4 is 0 Å². The van der Waals surface area contributed by atoms with Crippen LogP contribution in [0.2, 0.25) is 0 Å². The molecule has 1 N–H and O–H groups in total. The number of hydrogen-bond donors (Lipinski definition) is 1. The molecule has 0 amide bonds. The highest BCUT2D eigenvalue weighted by atomic mass is 16.3. The van der Waals surface area contributed by atoms with E-state index in [0.29, 0.717) is 18.4 Å². The first-order valence-corrected chi connectivity index (χ1v) is 5.54. The first-order valence-electron chi connectivity index (χ1n) is 5.54. The Bertz CT molecular complexity index is 206. The monoisotopic (exact) mass is 195 g/mol. The van der Waals surface area contributed by atoms with Crippen LogP contribution in [-0.4, -0.2) is 36.2 Å². The third-order valence-corrected chi connectivity index (χ3v) is 2.66. The summed E-state index contributed by atoms with van der Waals surface area (Å²) in [5.74, 6) is 7.39. The fourth-order valence-electron chi connectivity index (χ4n) is 1.69. The lowest BCUT2D eigenvalue weighted by Gasteiger charge is -2.29. The topological polar surface area (TPSA) is 23.5 Å². The molecule has 1 heterocycles. The minimum atomic E-state index is 0.353. The molecule has 0 radical (unpaired) electrons. The molecule has 2 nitrogen and oxygen atoms in total. The SMILES string of the molecule is CC(C)C#CCN1CCC(CO)CC1. The summed E-state index contributed by atoms with van der Waals surface area (Å²) in [5.41, 5.74) is 0. The van der Waals surface area contributed by atoms with Crippen molar-refractivity contribution in [1.82, 2.24) is 4.90 Å². The van der Waals surface area contributed by atoms with Gasteiger partial charge in [0.25, 0.3) is 0 Å². The van der Waals surface area contributed by atoms with Crippen LogP contribution in [-0.2, 0) is 0 Å². The van der Waals surface area contributed by atoms with Crippen LogP contribution in [0.5, 0.6) is 0 Å². The van der Waals surface area contributed by atoms with Gasteiger partial charge < -0.3 is 5.11 Å². The quantitative estimate of drug-likeness (QED) is 0.672. The molecular weight excluding hydrogens is 174 g/mol. The summed E-state index contributed by atoms with van der Waals surface area (Å²) < 4.78 is 0. The molecule has 2 heteroatoms. The Morgan fingerprint density at radius 1 is 1.36 bits per heavy atom. The van der Waals surface area contributed by atoms with Crippen molar-refractivity contribution in [3.63, 3.8) is 0 Å². The van der Waals surface area contributed by atoms with E-state index in [4.69, 9.17) is 5.11 Å². The average Bonchev–Trinajstić information content (AvgIpc) is 2.18. The molecule has 80 valence electrons. The highest BCUT2D eigenvalue weighted by Crippen LogP contribution is 2.15. The molecule has 0 aromatic heterocycles. The third kappa shape index (κ3) is 4.13. The molecule has 0 atom stereocenters. The number of aliphatic hydroxyl groups excluding tert-OH is 1. The van der Waals surface area contributed by atoms with E-state index >= 15 is 0 Å². The van der Waals surface area contributed by atoms with Crippen molar-refractivity contribution in [2.75, 3.05) is 26.2 Å². The molecule has 0 aliphatic carbocycles. The summed E-state index contributed by atoms with van der Waals surface area (Å²) in [6.07, 6.45) is 2.25. The Hall–Kier alpha value is -0.520. The van der Waals surface area contributed by atoms with Crippen LogP contribution >= 0.6 is 0 Å². The number of likely N-dealkylation sites (tertiary alicyclic amines) is 1. The molecule has 1 aliphatic heterocycles. The average molecular weight is 195 g/mol. The van der Waals surface area contributed by atoms with Crippen molar-refractivity contribution in [3.8, 4) is 11.8 Å². The number of piperidine rings is 1. The summed E-state index contributed by atoms with van der Waals surface area (Å²) in [7, 11) is 0. The van der Waals surface area contributed by atoms with E-state index in [0.717, 1.165) is 32.5 Å². The van der Waals surface area contributed by atoms with Gasteiger partial charge in [-0.3, -0.25) is 4.90 Å². The number of nitrogens with zero attached hydrogens (tertiary/aromatic N) is 1. The van der Waals surface area contributed by atoms with Crippen LogP contribution in [0.4, 0.5) is 0 Å². The van der Waals surface area contributed by atoms with Gasteiger partial charge in [0.15, 0.2) is 0 Å². The minimum Gasteiger partial charge on any atom is -0.396 e. The fourth-order valence-corrected chi connectivity index (χ4v) is 1.69. The molecule has 0 bridgehead atoms. The lowest BCUT2D eigenvalue weighted by molar-refractivity contribution is 0.140. The van der Waals surface area contributed by atoms with Gasteiger partial charge in [-0.1, -0.05) is 25.7 Å². The zero-order chi connectivity index (χ0) is 10.4. The van der Waals surface area contributed by atoms with Gasteiger partial charge >= 0.3 is 0 Å². The van der Waals surface area contributed by atoms with Gasteiger partial charge in [0, 0.05) is 12.5 Å². The lowest BCUT2D eigenvalue weighted by atomic mass is 9.98. The largest absolute Gasteiger partial charge is 0.396 e. The zero-order valence-corrected chi connectivity index (χ0v) is 9.29. The van der Waals surface area contributed by atoms with Crippen molar-refractivity contribution in [2.24, 2.45) is 11.8 Å². The maximum absolute atomic E-state index is 8.98. The Kier molecular flexibility index (Phi) is 5.00. The highest BCUT2D eigenvalue weighted by Gasteiger charge is 2.17. The molecule has 14 heavy (non-hydrogen) atoms. The highest BCUT2D eigenvalue weighted by molar-refractivity contribution is 5.03. The minimum absolute atomic E-state index is 0.353. The first-order chi connectivity index (χ1) is 6.72. The van der Waals surface area contributed by atoms with Crippen molar-refractivity contribution in [1.29, 1.82) is 0 Å². The van der Waals surface area contributed by atoms with Crippen molar-refractivity contribution in [3.05, 3.63) is 0 Å². The Labute approximate surface area is 87.3 Å². The lowest BCUT2D eigenvalue weighted by Crippen LogP contribution is -2.34. The summed E-state index contributed by atoms with van der Waals surface area (Å²) in [6, 6.07) is 0. The van der Waals surface area contributed by atoms with Gasteiger partial charge in [-0.25, -0.2) is 0 Å². The molecule has 1 aliphatic rings. The predicted octanol–water partition coefficient (Wildman–Crippen LogP) is 1.35. The van der Waals surface area contributed by atoms with Crippen molar-refractivity contribution < 1.29 is 5.11 Å². The van der Waals surface area contributed by atoms with Crippen molar-refractivity contribution in [2.45, 2.75) is 26.7 Å². The fraction of sp³-hybridized carbons (Fsp3) is 0.833. The predicted molar refractivity (Wildman–Crippen MR) is 58.9 cm³/mol. The second kappa shape index (κ2) is 6.06. The first kappa shape index (κ1) is 11.6. The Balaban J connectivity index is 2.20. The Morgan fingerprint density at radius 3 is 2.50 bits per heavy atom. The van der Waals surface area contributed by atoms with Gasteiger partial charge in [0.05, 0.1) is 6.54 Å².